The zero-order valence-corrected chi connectivity index (χ0v) is 20.4. The number of carbonyl (C=O) groups excluding carboxylic acids is 1. The molecule has 0 aromatic carbocycles. The standard InChI is InChI=1S/C22H46O5Si/c1-8-10-11-12-13-14-15-16-18(27-28(6,7)22(3,4)5)17-19(23)20(24)21(25)26-9-2/h18-20,23-24H,8-17H2,1-7H3/t18-,19+,20-/m1/s1. The Bertz CT molecular complexity index is 420. The third-order valence-corrected chi connectivity index (χ3v) is 10.3. The Morgan fingerprint density at radius 3 is 2.00 bits per heavy atom. The van der Waals surface area contributed by atoms with Crippen molar-refractivity contribution in [3.63, 3.8) is 0 Å². The lowest BCUT2D eigenvalue weighted by Crippen LogP contribution is -2.46. The molecule has 168 valence electrons. The van der Waals surface area contributed by atoms with E-state index in [0.29, 0.717) is 0 Å². The summed E-state index contributed by atoms with van der Waals surface area (Å²) >= 11 is 0. The molecule has 0 bridgehead atoms. The molecule has 0 aliphatic rings. The van der Waals surface area contributed by atoms with E-state index in [1.54, 1.807) is 6.92 Å². The molecular weight excluding hydrogens is 372 g/mol. The minimum absolute atomic E-state index is 0.0656. The lowest BCUT2D eigenvalue weighted by Gasteiger charge is -2.40. The van der Waals surface area contributed by atoms with E-state index >= 15 is 0 Å². The molecule has 2 N–H and O–H groups in total. The van der Waals surface area contributed by atoms with Crippen LogP contribution < -0.4 is 0 Å². The third-order valence-electron chi connectivity index (χ3n) is 5.79. The van der Waals surface area contributed by atoms with Crippen LogP contribution in [0.4, 0.5) is 0 Å². The number of rotatable bonds is 15. The van der Waals surface area contributed by atoms with Crippen molar-refractivity contribution in [3.8, 4) is 0 Å². The van der Waals surface area contributed by atoms with Crippen molar-refractivity contribution in [2.24, 2.45) is 0 Å². The first kappa shape index (κ1) is 27.6. The van der Waals surface area contributed by atoms with Gasteiger partial charge in [-0.2, -0.15) is 0 Å². The molecular formula is C22H46O5Si. The molecule has 0 amide bonds. The molecule has 0 saturated heterocycles. The molecule has 0 aromatic heterocycles. The van der Waals surface area contributed by atoms with Gasteiger partial charge < -0.3 is 19.4 Å². The largest absolute Gasteiger partial charge is 0.464 e. The summed E-state index contributed by atoms with van der Waals surface area (Å²) in [6.45, 7) is 15.0. The number of hydrogen-bond acceptors (Lipinski definition) is 5. The molecule has 6 heteroatoms. The summed E-state index contributed by atoms with van der Waals surface area (Å²) in [5.74, 6) is -0.767. The number of unbranched alkanes of at least 4 members (excludes halogenated alkanes) is 6. The third kappa shape index (κ3) is 10.9. The van der Waals surface area contributed by atoms with Crippen molar-refractivity contribution in [3.05, 3.63) is 0 Å². The second-order valence-corrected chi connectivity index (χ2v) is 14.2. The van der Waals surface area contributed by atoms with Gasteiger partial charge in [0.25, 0.3) is 0 Å². The first-order valence-corrected chi connectivity index (χ1v) is 14.1. The molecule has 0 aliphatic heterocycles. The van der Waals surface area contributed by atoms with E-state index in [4.69, 9.17) is 9.16 Å². The van der Waals surface area contributed by atoms with Crippen LogP contribution in [-0.4, -0.2) is 49.4 Å². The van der Waals surface area contributed by atoms with E-state index in [0.717, 1.165) is 19.3 Å². The summed E-state index contributed by atoms with van der Waals surface area (Å²) in [6, 6.07) is 0. The minimum Gasteiger partial charge on any atom is -0.464 e. The Morgan fingerprint density at radius 2 is 1.50 bits per heavy atom. The first-order valence-electron chi connectivity index (χ1n) is 11.2. The average Bonchev–Trinajstić information content (AvgIpc) is 2.58. The Morgan fingerprint density at radius 1 is 0.964 bits per heavy atom. The molecule has 0 saturated carbocycles. The van der Waals surface area contributed by atoms with Crippen LogP contribution in [0.5, 0.6) is 0 Å². The Kier molecular flexibility index (Phi) is 13.5. The molecule has 0 aliphatic carbocycles. The zero-order chi connectivity index (χ0) is 21.8. The minimum atomic E-state index is -2.01. The lowest BCUT2D eigenvalue weighted by atomic mass is 10.0. The van der Waals surface area contributed by atoms with Gasteiger partial charge >= 0.3 is 5.97 Å². The van der Waals surface area contributed by atoms with Crippen LogP contribution in [0.25, 0.3) is 0 Å². The van der Waals surface area contributed by atoms with E-state index < -0.39 is 26.5 Å². The monoisotopic (exact) mass is 418 g/mol. The van der Waals surface area contributed by atoms with Crippen molar-refractivity contribution in [1.82, 2.24) is 0 Å². The molecule has 0 fully saturated rings. The summed E-state index contributed by atoms with van der Waals surface area (Å²) in [4.78, 5) is 11.7. The maximum Gasteiger partial charge on any atom is 0.337 e. The van der Waals surface area contributed by atoms with E-state index in [2.05, 4.69) is 40.8 Å². The van der Waals surface area contributed by atoms with Crippen LogP contribution in [0.15, 0.2) is 0 Å². The maximum absolute atomic E-state index is 11.7. The van der Waals surface area contributed by atoms with Gasteiger partial charge in [-0.3, -0.25) is 0 Å². The summed E-state index contributed by atoms with van der Waals surface area (Å²) in [5, 5.41) is 20.5. The molecule has 3 atom stereocenters. The van der Waals surface area contributed by atoms with Crippen LogP contribution in [0.1, 0.15) is 92.4 Å². The predicted molar refractivity (Wildman–Crippen MR) is 118 cm³/mol. The number of hydrogen-bond donors (Lipinski definition) is 2. The Labute approximate surface area is 174 Å². The van der Waals surface area contributed by atoms with Crippen LogP contribution >= 0.6 is 0 Å². The summed E-state index contributed by atoms with van der Waals surface area (Å²) in [6.07, 6.45) is 6.78. The highest BCUT2D eigenvalue weighted by atomic mass is 28.4. The van der Waals surface area contributed by atoms with Gasteiger partial charge in [-0.25, -0.2) is 4.79 Å². The van der Waals surface area contributed by atoms with E-state index in [1.807, 2.05) is 0 Å². The molecule has 0 heterocycles. The normalized spacial score (nSPS) is 15.9. The van der Waals surface area contributed by atoms with Crippen molar-refractivity contribution >= 4 is 14.3 Å². The fraction of sp³-hybridized carbons (Fsp3) is 0.955. The van der Waals surface area contributed by atoms with Gasteiger partial charge in [-0.15, -0.1) is 0 Å². The SMILES string of the molecule is CCCCCCCCC[C@H](C[C@H](O)[C@@H](O)C(=O)OCC)O[Si](C)(C)C(C)(C)C. The average molecular weight is 419 g/mol. The molecule has 0 aromatic rings. The van der Waals surface area contributed by atoms with Gasteiger partial charge in [0.1, 0.15) is 0 Å². The van der Waals surface area contributed by atoms with Gasteiger partial charge in [0, 0.05) is 12.5 Å². The highest BCUT2D eigenvalue weighted by Gasteiger charge is 2.40. The maximum atomic E-state index is 11.7. The number of esters is 1. The molecule has 5 nitrogen and oxygen atoms in total. The highest BCUT2D eigenvalue weighted by molar-refractivity contribution is 6.74. The van der Waals surface area contributed by atoms with Crippen molar-refractivity contribution in [1.29, 1.82) is 0 Å². The number of aliphatic hydroxyl groups excluding tert-OH is 2. The summed E-state index contributed by atoms with van der Waals surface area (Å²) in [7, 11) is -2.01. The Hall–Kier alpha value is -0.433. The van der Waals surface area contributed by atoms with Crippen LogP contribution in [0.2, 0.25) is 18.1 Å². The molecule has 0 rings (SSSR count). The number of carbonyl (C=O) groups is 1. The zero-order valence-electron chi connectivity index (χ0n) is 19.4. The molecule has 0 radical (unpaired) electrons. The number of ether oxygens (including phenoxy) is 1. The second-order valence-electron chi connectivity index (χ2n) is 9.41. The van der Waals surface area contributed by atoms with Crippen molar-refractivity contribution in [2.75, 3.05) is 6.61 Å². The van der Waals surface area contributed by atoms with Gasteiger partial charge in [-0.05, 0) is 31.5 Å². The fourth-order valence-electron chi connectivity index (χ4n) is 2.93. The van der Waals surface area contributed by atoms with Gasteiger partial charge in [0.2, 0.25) is 0 Å². The van der Waals surface area contributed by atoms with Crippen LogP contribution in [0, 0.1) is 0 Å². The predicted octanol–water partition coefficient (Wildman–Crippen LogP) is 5.19. The van der Waals surface area contributed by atoms with Crippen molar-refractivity contribution in [2.45, 2.75) is 129 Å². The fourth-order valence-corrected chi connectivity index (χ4v) is 4.33. The van der Waals surface area contributed by atoms with Gasteiger partial charge in [0.05, 0.1) is 12.7 Å². The Balaban J connectivity index is 4.78. The highest BCUT2D eigenvalue weighted by Crippen LogP contribution is 2.38. The van der Waals surface area contributed by atoms with Crippen LogP contribution in [0.3, 0.4) is 0 Å². The van der Waals surface area contributed by atoms with Crippen molar-refractivity contribution < 1.29 is 24.2 Å². The quantitative estimate of drug-likeness (QED) is 0.217. The van der Waals surface area contributed by atoms with Gasteiger partial charge in [-0.1, -0.05) is 72.6 Å². The van der Waals surface area contributed by atoms with Gasteiger partial charge in [0.15, 0.2) is 14.4 Å². The topological polar surface area (TPSA) is 76.0 Å². The molecule has 0 spiro atoms. The van der Waals surface area contributed by atoms with E-state index in [-0.39, 0.29) is 24.2 Å². The van der Waals surface area contributed by atoms with E-state index in [1.165, 1.54) is 32.1 Å². The van der Waals surface area contributed by atoms with Crippen LogP contribution in [-0.2, 0) is 14.0 Å². The lowest BCUT2D eigenvalue weighted by molar-refractivity contribution is -0.160. The van der Waals surface area contributed by atoms with E-state index in [9.17, 15) is 15.0 Å². The smallest absolute Gasteiger partial charge is 0.337 e. The number of aliphatic hydroxyl groups is 2. The summed E-state index contributed by atoms with van der Waals surface area (Å²) < 4.78 is 11.3. The molecule has 0 unspecified atom stereocenters. The molecule has 28 heavy (non-hydrogen) atoms. The second kappa shape index (κ2) is 13.7. The summed E-state index contributed by atoms with van der Waals surface area (Å²) in [5.41, 5.74) is 0. The first-order chi connectivity index (χ1) is 13.0.